The van der Waals surface area contributed by atoms with Crippen molar-refractivity contribution in [3.63, 3.8) is 0 Å². The van der Waals surface area contributed by atoms with Crippen LogP contribution in [0.1, 0.15) is 23.0 Å². The van der Waals surface area contributed by atoms with Gasteiger partial charge in [0.25, 0.3) is 5.91 Å². The van der Waals surface area contributed by atoms with Crippen molar-refractivity contribution in [1.29, 1.82) is 0 Å². The zero-order chi connectivity index (χ0) is 17.6. The molecule has 0 aliphatic rings. The van der Waals surface area contributed by atoms with E-state index in [2.05, 4.69) is 15.3 Å². The van der Waals surface area contributed by atoms with Gasteiger partial charge in [-0.15, -0.1) is 11.3 Å². The van der Waals surface area contributed by atoms with E-state index in [0.29, 0.717) is 29.7 Å². The number of ether oxygens (including phenoxy) is 1. The second-order valence-electron chi connectivity index (χ2n) is 5.16. The molecule has 0 aliphatic heterocycles. The number of benzene rings is 1. The van der Waals surface area contributed by atoms with E-state index in [-0.39, 0.29) is 11.7 Å². The fourth-order valence-electron chi connectivity index (χ4n) is 2.16. The molecule has 3 rings (SSSR count). The summed E-state index contributed by atoms with van der Waals surface area (Å²) >= 11 is 1.34. The zero-order valence-electron chi connectivity index (χ0n) is 13.5. The van der Waals surface area contributed by atoms with Gasteiger partial charge in [-0.3, -0.25) is 4.79 Å². The molecule has 3 aromatic rings. The molecule has 1 N–H and O–H groups in total. The Morgan fingerprint density at radius 1 is 1.28 bits per heavy atom. The Hall–Kier alpha value is -2.80. The second kappa shape index (κ2) is 7.85. The Balaban J connectivity index is 1.64. The molecular weight excluding hydrogens is 341 g/mol. The maximum atomic E-state index is 13.0. The van der Waals surface area contributed by atoms with Gasteiger partial charge in [0, 0.05) is 29.8 Å². The van der Waals surface area contributed by atoms with E-state index >= 15 is 0 Å². The Morgan fingerprint density at radius 2 is 2.08 bits per heavy atom. The first kappa shape index (κ1) is 17.0. The summed E-state index contributed by atoms with van der Waals surface area (Å²) in [5.74, 6) is -0.0390. The smallest absolute Gasteiger partial charge is 0.271 e. The van der Waals surface area contributed by atoms with Crippen LogP contribution in [0.4, 0.5) is 4.39 Å². The summed E-state index contributed by atoms with van der Waals surface area (Å²) in [5.41, 5.74) is 2.00. The van der Waals surface area contributed by atoms with Gasteiger partial charge >= 0.3 is 0 Å². The first-order valence-electron chi connectivity index (χ1n) is 7.73. The molecule has 1 aromatic carbocycles. The molecule has 0 saturated heterocycles. The van der Waals surface area contributed by atoms with Crippen molar-refractivity contribution in [2.75, 3.05) is 6.61 Å². The number of aromatic nitrogens is 2. The lowest BCUT2D eigenvalue weighted by molar-refractivity contribution is 0.0946. The number of halogens is 1. The van der Waals surface area contributed by atoms with Gasteiger partial charge in [-0.25, -0.2) is 14.4 Å². The van der Waals surface area contributed by atoms with Gasteiger partial charge in [0.1, 0.15) is 16.5 Å². The lowest BCUT2D eigenvalue weighted by atomic mass is 10.2. The summed E-state index contributed by atoms with van der Waals surface area (Å²) in [6, 6.07) is 9.62. The van der Waals surface area contributed by atoms with Crippen molar-refractivity contribution in [2.45, 2.75) is 13.5 Å². The molecule has 2 heterocycles. The quantitative estimate of drug-likeness (QED) is 0.731. The maximum absolute atomic E-state index is 13.0. The maximum Gasteiger partial charge on any atom is 0.271 e. The van der Waals surface area contributed by atoms with Crippen LogP contribution in [0.25, 0.3) is 10.6 Å². The number of pyridine rings is 1. The van der Waals surface area contributed by atoms with Crippen LogP contribution in [0.2, 0.25) is 0 Å². The molecule has 0 saturated carbocycles. The minimum Gasteiger partial charge on any atom is -0.478 e. The van der Waals surface area contributed by atoms with Crippen molar-refractivity contribution in [2.24, 2.45) is 0 Å². The van der Waals surface area contributed by atoms with Crippen molar-refractivity contribution < 1.29 is 13.9 Å². The predicted molar refractivity (Wildman–Crippen MR) is 94.1 cm³/mol. The van der Waals surface area contributed by atoms with E-state index in [4.69, 9.17) is 4.74 Å². The number of thiazole rings is 1. The summed E-state index contributed by atoms with van der Waals surface area (Å²) in [6.45, 7) is 2.77. The van der Waals surface area contributed by atoms with Crippen molar-refractivity contribution >= 4 is 17.2 Å². The molecule has 1 amide bonds. The Kier molecular flexibility index (Phi) is 5.35. The van der Waals surface area contributed by atoms with E-state index in [1.54, 1.807) is 29.8 Å². The Bertz CT molecular complexity index is 865. The molecule has 0 spiro atoms. The fraction of sp³-hybridized carbons (Fsp3) is 0.167. The van der Waals surface area contributed by atoms with Crippen LogP contribution in [0.3, 0.4) is 0 Å². The SMILES string of the molecule is CCOc1cc(CNC(=O)c2csc(-c3ccc(F)cc3)n2)ccn1. The van der Waals surface area contributed by atoms with E-state index in [9.17, 15) is 9.18 Å². The van der Waals surface area contributed by atoms with Gasteiger partial charge in [0.2, 0.25) is 5.88 Å². The third-order valence-corrected chi connectivity index (χ3v) is 4.26. The highest BCUT2D eigenvalue weighted by Gasteiger charge is 2.12. The molecule has 7 heteroatoms. The summed E-state index contributed by atoms with van der Waals surface area (Å²) < 4.78 is 18.3. The Morgan fingerprint density at radius 3 is 2.84 bits per heavy atom. The largest absolute Gasteiger partial charge is 0.478 e. The number of nitrogens with zero attached hydrogens (tertiary/aromatic N) is 2. The van der Waals surface area contributed by atoms with E-state index in [1.807, 2.05) is 13.0 Å². The highest BCUT2D eigenvalue weighted by atomic mass is 32.1. The van der Waals surface area contributed by atoms with Crippen LogP contribution >= 0.6 is 11.3 Å². The molecule has 0 fully saturated rings. The summed E-state index contributed by atoms with van der Waals surface area (Å²) in [4.78, 5) is 20.7. The lowest BCUT2D eigenvalue weighted by Crippen LogP contribution is -2.23. The summed E-state index contributed by atoms with van der Waals surface area (Å²) in [7, 11) is 0. The van der Waals surface area contributed by atoms with Gasteiger partial charge in [-0.2, -0.15) is 0 Å². The van der Waals surface area contributed by atoms with Gasteiger partial charge in [-0.05, 0) is 42.8 Å². The Labute approximate surface area is 148 Å². The lowest BCUT2D eigenvalue weighted by Gasteiger charge is -2.06. The summed E-state index contributed by atoms with van der Waals surface area (Å²) in [6.07, 6.45) is 1.64. The number of hydrogen-bond acceptors (Lipinski definition) is 5. The van der Waals surface area contributed by atoms with Crippen LogP contribution in [-0.4, -0.2) is 22.5 Å². The van der Waals surface area contributed by atoms with Crippen molar-refractivity contribution in [1.82, 2.24) is 15.3 Å². The molecule has 0 unspecified atom stereocenters. The standard InChI is InChI=1S/C18H16FN3O2S/c1-2-24-16-9-12(7-8-20-16)10-21-17(23)15-11-25-18(22-15)13-3-5-14(19)6-4-13/h3-9,11H,2,10H2,1H3,(H,21,23). The minimum absolute atomic E-state index is 0.264. The van der Waals surface area contributed by atoms with Crippen LogP contribution in [0.15, 0.2) is 48.0 Å². The minimum atomic E-state index is -0.304. The topological polar surface area (TPSA) is 64.1 Å². The molecule has 5 nitrogen and oxygen atoms in total. The van der Waals surface area contributed by atoms with Gasteiger partial charge < -0.3 is 10.1 Å². The van der Waals surface area contributed by atoms with Crippen molar-refractivity contribution in [3.05, 3.63) is 65.0 Å². The van der Waals surface area contributed by atoms with E-state index in [1.165, 1.54) is 23.5 Å². The molecule has 0 bridgehead atoms. The molecule has 0 atom stereocenters. The average Bonchev–Trinajstić information content (AvgIpc) is 3.11. The zero-order valence-corrected chi connectivity index (χ0v) is 14.3. The molecule has 25 heavy (non-hydrogen) atoms. The van der Waals surface area contributed by atoms with Gasteiger partial charge in [0.15, 0.2) is 0 Å². The molecular formula is C18H16FN3O2S. The molecule has 0 aliphatic carbocycles. The number of amides is 1. The number of carbonyl (C=O) groups excluding carboxylic acids is 1. The first-order valence-corrected chi connectivity index (χ1v) is 8.61. The van der Waals surface area contributed by atoms with Crippen LogP contribution in [0.5, 0.6) is 5.88 Å². The third-order valence-electron chi connectivity index (χ3n) is 3.37. The molecule has 2 aromatic heterocycles. The van der Waals surface area contributed by atoms with Crippen molar-refractivity contribution in [3.8, 4) is 16.5 Å². The highest BCUT2D eigenvalue weighted by Crippen LogP contribution is 2.23. The second-order valence-corrected chi connectivity index (χ2v) is 6.02. The normalized spacial score (nSPS) is 10.5. The predicted octanol–water partition coefficient (Wildman–Crippen LogP) is 3.67. The summed E-state index contributed by atoms with van der Waals surface area (Å²) in [5, 5.41) is 5.18. The molecule has 128 valence electrons. The van der Waals surface area contributed by atoms with Gasteiger partial charge in [0.05, 0.1) is 6.61 Å². The number of carbonyl (C=O) groups is 1. The third kappa shape index (κ3) is 4.39. The highest BCUT2D eigenvalue weighted by molar-refractivity contribution is 7.13. The van der Waals surface area contributed by atoms with Crippen LogP contribution < -0.4 is 10.1 Å². The van der Waals surface area contributed by atoms with Crippen LogP contribution in [0, 0.1) is 5.82 Å². The molecule has 0 radical (unpaired) electrons. The van der Waals surface area contributed by atoms with Crippen LogP contribution in [-0.2, 0) is 6.54 Å². The number of nitrogens with one attached hydrogen (secondary N) is 1. The average molecular weight is 357 g/mol. The number of hydrogen-bond donors (Lipinski definition) is 1. The monoisotopic (exact) mass is 357 g/mol. The van der Waals surface area contributed by atoms with Gasteiger partial charge in [-0.1, -0.05) is 0 Å². The first-order chi connectivity index (χ1) is 12.2. The number of rotatable bonds is 6. The fourth-order valence-corrected chi connectivity index (χ4v) is 2.97. The van der Waals surface area contributed by atoms with E-state index in [0.717, 1.165) is 11.1 Å². The van der Waals surface area contributed by atoms with E-state index < -0.39 is 0 Å².